The van der Waals surface area contributed by atoms with Crippen molar-refractivity contribution in [1.29, 1.82) is 5.26 Å². The molecular formula is C15H12IN3O4S. The van der Waals surface area contributed by atoms with Crippen LogP contribution in [0.15, 0.2) is 22.1 Å². The predicted octanol–water partition coefficient (Wildman–Crippen LogP) is 2.57. The van der Waals surface area contributed by atoms with Crippen LogP contribution in [0.5, 0.6) is 11.5 Å². The number of nitrogens with zero attached hydrogens (tertiary/aromatic N) is 2. The average molecular weight is 457 g/mol. The van der Waals surface area contributed by atoms with Gasteiger partial charge in [-0.05, 0) is 41.0 Å². The minimum absolute atomic E-state index is 0.0918. The maximum absolute atomic E-state index is 12.0. The number of carbonyl (C=O) groups excluding carboxylic acids is 1. The number of benzene rings is 1. The summed E-state index contributed by atoms with van der Waals surface area (Å²) in [6, 6.07) is 5.12. The van der Waals surface area contributed by atoms with Crippen molar-refractivity contribution in [3.8, 4) is 28.8 Å². The van der Waals surface area contributed by atoms with Crippen LogP contribution in [0.4, 0.5) is 0 Å². The molecule has 0 aliphatic heterocycles. The normalized spacial score (nSPS) is 10.1. The second kappa shape index (κ2) is 7.67. The maximum atomic E-state index is 12.0. The number of rotatable bonds is 4. The zero-order chi connectivity index (χ0) is 17.9. The first-order chi connectivity index (χ1) is 11.4. The molecule has 1 heterocycles. The van der Waals surface area contributed by atoms with Crippen molar-refractivity contribution in [1.82, 2.24) is 9.97 Å². The number of methoxy groups -OCH3 is 1. The van der Waals surface area contributed by atoms with Gasteiger partial charge in [0.25, 0.3) is 5.56 Å². The lowest BCUT2D eigenvalue weighted by molar-refractivity contribution is -0.132. The van der Waals surface area contributed by atoms with Crippen molar-refractivity contribution in [3.05, 3.63) is 31.6 Å². The molecule has 0 unspecified atom stereocenters. The third kappa shape index (κ3) is 3.70. The Labute approximate surface area is 155 Å². The van der Waals surface area contributed by atoms with Crippen LogP contribution in [0.2, 0.25) is 0 Å². The maximum Gasteiger partial charge on any atom is 0.308 e. The fraction of sp³-hybridized carbons (Fsp3) is 0.200. The van der Waals surface area contributed by atoms with E-state index in [-0.39, 0.29) is 17.0 Å². The molecule has 0 atom stereocenters. The van der Waals surface area contributed by atoms with Crippen LogP contribution in [0.1, 0.15) is 12.5 Å². The van der Waals surface area contributed by atoms with E-state index in [1.54, 1.807) is 18.4 Å². The van der Waals surface area contributed by atoms with Gasteiger partial charge < -0.3 is 14.5 Å². The van der Waals surface area contributed by atoms with Gasteiger partial charge in [0.1, 0.15) is 11.6 Å². The van der Waals surface area contributed by atoms with Crippen LogP contribution in [0.3, 0.4) is 0 Å². The van der Waals surface area contributed by atoms with E-state index < -0.39 is 11.5 Å². The van der Waals surface area contributed by atoms with Crippen LogP contribution in [-0.4, -0.2) is 29.3 Å². The van der Waals surface area contributed by atoms with Crippen molar-refractivity contribution < 1.29 is 14.3 Å². The lowest BCUT2D eigenvalue weighted by Crippen LogP contribution is -2.14. The Kier molecular flexibility index (Phi) is 5.84. The molecule has 0 aliphatic carbocycles. The molecule has 0 radical (unpaired) electrons. The summed E-state index contributed by atoms with van der Waals surface area (Å²) in [6.07, 6.45) is 1.77. The molecule has 9 heteroatoms. The van der Waals surface area contributed by atoms with Crippen molar-refractivity contribution in [2.24, 2.45) is 0 Å². The zero-order valence-corrected chi connectivity index (χ0v) is 15.9. The second-order valence-corrected chi connectivity index (χ2v) is 6.45. The van der Waals surface area contributed by atoms with Gasteiger partial charge in [0.2, 0.25) is 0 Å². The molecule has 0 bridgehead atoms. The molecule has 0 spiro atoms. The summed E-state index contributed by atoms with van der Waals surface area (Å²) >= 11 is 3.24. The summed E-state index contributed by atoms with van der Waals surface area (Å²) in [5.41, 5.74) is 0.164. The fourth-order valence-electron chi connectivity index (χ4n) is 1.96. The molecule has 1 aromatic heterocycles. The number of hydrogen-bond donors (Lipinski definition) is 1. The molecule has 0 saturated carbocycles. The molecular weight excluding hydrogens is 445 g/mol. The highest BCUT2D eigenvalue weighted by atomic mass is 127. The summed E-state index contributed by atoms with van der Waals surface area (Å²) in [4.78, 5) is 30.1. The zero-order valence-electron chi connectivity index (χ0n) is 13.0. The SMILES string of the molecule is COc1cc(-c2nc(SC)[nH]c(=O)c2C#N)cc(I)c1OC(C)=O. The van der Waals surface area contributed by atoms with Crippen molar-refractivity contribution in [3.63, 3.8) is 0 Å². The summed E-state index contributed by atoms with van der Waals surface area (Å²) in [5.74, 6) is 0.113. The Morgan fingerprint density at radius 1 is 1.46 bits per heavy atom. The molecule has 0 saturated heterocycles. The number of nitrogens with one attached hydrogen (secondary N) is 1. The van der Waals surface area contributed by atoms with E-state index in [1.807, 2.05) is 28.7 Å². The van der Waals surface area contributed by atoms with Gasteiger partial charge in [-0.2, -0.15) is 5.26 Å². The lowest BCUT2D eigenvalue weighted by Gasteiger charge is -2.13. The minimum Gasteiger partial charge on any atom is -0.493 e. The van der Waals surface area contributed by atoms with Crippen LogP contribution in [-0.2, 0) is 4.79 Å². The van der Waals surface area contributed by atoms with Gasteiger partial charge >= 0.3 is 5.97 Å². The highest BCUT2D eigenvalue weighted by Gasteiger charge is 2.19. The van der Waals surface area contributed by atoms with Gasteiger partial charge in [-0.25, -0.2) is 4.98 Å². The molecule has 1 aromatic carbocycles. The van der Waals surface area contributed by atoms with Crippen molar-refractivity contribution >= 4 is 40.3 Å². The van der Waals surface area contributed by atoms with Crippen LogP contribution < -0.4 is 15.0 Å². The van der Waals surface area contributed by atoms with Gasteiger partial charge in [-0.3, -0.25) is 9.59 Å². The number of ether oxygens (including phenoxy) is 2. The molecule has 24 heavy (non-hydrogen) atoms. The number of halogens is 1. The highest BCUT2D eigenvalue weighted by Crippen LogP contribution is 2.37. The summed E-state index contributed by atoms with van der Waals surface area (Å²) < 4.78 is 11.0. The summed E-state index contributed by atoms with van der Waals surface area (Å²) in [7, 11) is 1.44. The van der Waals surface area contributed by atoms with Crippen LogP contribution in [0.25, 0.3) is 11.3 Å². The molecule has 0 amide bonds. The molecule has 1 N–H and O–H groups in total. The first-order valence-electron chi connectivity index (χ1n) is 6.56. The van der Waals surface area contributed by atoms with Crippen molar-refractivity contribution in [2.75, 3.05) is 13.4 Å². The molecule has 0 aliphatic rings. The van der Waals surface area contributed by atoms with Crippen LogP contribution >= 0.6 is 34.4 Å². The van der Waals surface area contributed by atoms with Gasteiger partial charge in [0.05, 0.1) is 16.4 Å². The van der Waals surface area contributed by atoms with E-state index >= 15 is 0 Å². The molecule has 7 nitrogen and oxygen atoms in total. The number of aromatic amines is 1. The number of esters is 1. The number of carbonyl (C=O) groups is 1. The Bertz CT molecular complexity index is 905. The Balaban J connectivity index is 2.72. The van der Waals surface area contributed by atoms with E-state index in [2.05, 4.69) is 9.97 Å². The number of nitriles is 1. The summed E-state index contributed by atoms with van der Waals surface area (Å²) in [6.45, 7) is 1.29. The smallest absolute Gasteiger partial charge is 0.308 e. The van der Waals surface area contributed by atoms with Crippen LogP contribution in [0, 0.1) is 14.9 Å². The highest BCUT2D eigenvalue weighted by molar-refractivity contribution is 14.1. The third-order valence-corrected chi connectivity index (χ3v) is 4.33. The molecule has 2 aromatic rings. The fourth-order valence-corrected chi connectivity index (χ4v) is 3.05. The summed E-state index contributed by atoms with van der Waals surface area (Å²) in [5, 5.41) is 9.67. The molecule has 0 fully saturated rings. The predicted molar refractivity (Wildman–Crippen MR) is 97.4 cm³/mol. The number of hydrogen-bond acceptors (Lipinski definition) is 7. The van der Waals surface area contributed by atoms with Gasteiger partial charge in [0.15, 0.2) is 16.7 Å². The number of H-pyrrole nitrogens is 1. The second-order valence-electron chi connectivity index (χ2n) is 4.49. The molecule has 2 rings (SSSR count). The topological polar surface area (TPSA) is 105 Å². The average Bonchev–Trinajstić information content (AvgIpc) is 2.55. The molecule has 124 valence electrons. The van der Waals surface area contributed by atoms with E-state index in [1.165, 1.54) is 25.8 Å². The lowest BCUT2D eigenvalue weighted by atomic mass is 10.1. The van der Waals surface area contributed by atoms with Gasteiger partial charge in [-0.1, -0.05) is 11.8 Å². The number of thioether (sulfide) groups is 1. The quantitative estimate of drug-likeness (QED) is 0.247. The Morgan fingerprint density at radius 2 is 2.17 bits per heavy atom. The standard InChI is InChI=1S/C15H12IN3O4S/c1-7(20)23-13-10(16)4-8(5-11(13)22-2)12-9(6-17)14(21)19-15(18-12)24-3/h4-5H,1-3H3,(H,18,19,21). The van der Waals surface area contributed by atoms with E-state index in [4.69, 9.17) is 9.47 Å². The monoisotopic (exact) mass is 457 g/mol. The Hall–Kier alpha value is -2.06. The Morgan fingerprint density at radius 3 is 2.71 bits per heavy atom. The largest absolute Gasteiger partial charge is 0.493 e. The third-order valence-electron chi connectivity index (χ3n) is 2.95. The first-order valence-corrected chi connectivity index (χ1v) is 8.86. The number of aromatic nitrogens is 2. The minimum atomic E-state index is -0.509. The van der Waals surface area contributed by atoms with E-state index in [0.29, 0.717) is 20.0 Å². The van der Waals surface area contributed by atoms with E-state index in [0.717, 1.165) is 0 Å². The van der Waals surface area contributed by atoms with Gasteiger partial charge in [-0.15, -0.1) is 0 Å². The first kappa shape index (κ1) is 18.3. The van der Waals surface area contributed by atoms with Crippen molar-refractivity contribution in [2.45, 2.75) is 12.1 Å². The van der Waals surface area contributed by atoms with Gasteiger partial charge in [0, 0.05) is 12.5 Å². The van der Waals surface area contributed by atoms with E-state index in [9.17, 15) is 14.9 Å².